The summed E-state index contributed by atoms with van der Waals surface area (Å²) in [6, 6.07) is 14.5. The second-order valence-electron chi connectivity index (χ2n) is 7.18. The van der Waals surface area contributed by atoms with Crippen LogP contribution in [0.2, 0.25) is 0 Å². The van der Waals surface area contributed by atoms with Gasteiger partial charge in [-0.1, -0.05) is 23.4 Å². The maximum absolute atomic E-state index is 11.9. The van der Waals surface area contributed by atoms with Crippen LogP contribution in [0.25, 0.3) is 17.0 Å². The van der Waals surface area contributed by atoms with E-state index in [1.165, 1.54) is 13.2 Å². The Morgan fingerprint density at radius 3 is 2.55 bits per heavy atom. The molecule has 2 aromatic heterocycles. The number of hydrogen-bond donors (Lipinski definition) is 2. The number of aryl methyl sites for hydroxylation is 3. The minimum Gasteiger partial charge on any atom is -0.497 e. The van der Waals surface area contributed by atoms with Crippen LogP contribution >= 0.6 is 0 Å². The van der Waals surface area contributed by atoms with Crippen LogP contribution in [0.3, 0.4) is 0 Å². The van der Waals surface area contributed by atoms with Crippen molar-refractivity contribution in [2.24, 2.45) is 0 Å². The van der Waals surface area contributed by atoms with Crippen LogP contribution in [0.4, 0.5) is 11.5 Å². The van der Waals surface area contributed by atoms with Crippen molar-refractivity contribution in [3.05, 3.63) is 71.0 Å². The summed E-state index contributed by atoms with van der Waals surface area (Å²) in [5, 5.41) is 21.7. The number of anilines is 2. The number of carboxylic acids is 1. The summed E-state index contributed by atoms with van der Waals surface area (Å²) < 4.78 is 12.5. The van der Waals surface area contributed by atoms with E-state index in [0.29, 0.717) is 34.3 Å². The first-order valence-corrected chi connectivity index (χ1v) is 9.66. The molecule has 0 saturated heterocycles. The molecule has 0 atom stereocenters. The molecule has 0 aliphatic carbocycles. The summed E-state index contributed by atoms with van der Waals surface area (Å²) in [5.74, 6) is 0.508. The molecule has 2 aromatic carbocycles. The van der Waals surface area contributed by atoms with Crippen LogP contribution in [-0.2, 0) is 0 Å². The highest BCUT2D eigenvalue weighted by atomic mass is 16.5. The quantitative estimate of drug-likeness (QED) is 0.459. The predicted octanol–water partition coefficient (Wildman–Crippen LogP) is 4.90. The molecule has 8 nitrogen and oxygen atoms in total. The molecule has 0 radical (unpaired) electrons. The number of nitrogens with one attached hydrogen (secondary N) is 1. The minimum absolute atomic E-state index is 0.0780. The van der Waals surface area contributed by atoms with Crippen molar-refractivity contribution >= 4 is 17.5 Å². The number of carbonyl (C=O) groups is 1. The molecule has 0 unspecified atom stereocenters. The molecule has 0 aliphatic heterocycles. The van der Waals surface area contributed by atoms with Crippen LogP contribution in [0.1, 0.15) is 27.3 Å². The number of aromatic nitrogens is 3. The highest BCUT2D eigenvalue weighted by Gasteiger charge is 2.24. The van der Waals surface area contributed by atoms with Gasteiger partial charge in [0.1, 0.15) is 11.6 Å². The van der Waals surface area contributed by atoms with Crippen molar-refractivity contribution in [1.82, 2.24) is 14.9 Å². The average molecular weight is 418 g/mol. The molecular formula is C23H22N4O4. The van der Waals surface area contributed by atoms with Crippen molar-refractivity contribution in [3.8, 4) is 22.8 Å². The second-order valence-corrected chi connectivity index (χ2v) is 7.18. The molecular weight excluding hydrogens is 396 g/mol. The molecule has 8 heteroatoms. The van der Waals surface area contributed by atoms with Gasteiger partial charge in [0.25, 0.3) is 0 Å². The summed E-state index contributed by atoms with van der Waals surface area (Å²) in [4.78, 5) is 11.9. The molecule has 0 amide bonds. The van der Waals surface area contributed by atoms with Crippen molar-refractivity contribution in [3.63, 3.8) is 0 Å². The van der Waals surface area contributed by atoms with E-state index in [1.807, 2.05) is 51.1 Å². The fraction of sp³-hybridized carbons (Fsp3) is 0.174. The maximum Gasteiger partial charge on any atom is 0.337 e. The largest absolute Gasteiger partial charge is 0.497 e. The highest BCUT2D eigenvalue weighted by Crippen LogP contribution is 2.37. The molecule has 0 saturated carbocycles. The number of methoxy groups -OCH3 is 1. The molecule has 158 valence electrons. The molecule has 4 aromatic rings. The van der Waals surface area contributed by atoms with E-state index >= 15 is 0 Å². The highest BCUT2D eigenvalue weighted by molar-refractivity contribution is 5.96. The second kappa shape index (κ2) is 7.98. The summed E-state index contributed by atoms with van der Waals surface area (Å²) >= 11 is 0. The van der Waals surface area contributed by atoms with E-state index in [0.717, 1.165) is 16.9 Å². The number of hydrogen-bond acceptors (Lipinski definition) is 6. The lowest BCUT2D eigenvalue weighted by atomic mass is 10.1. The third-order valence-electron chi connectivity index (χ3n) is 4.99. The van der Waals surface area contributed by atoms with Gasteiger partial charge in [-0.3, -0.25) is 0 Å². The molecule has 0 fully saturated rings. The van der Waals surface area contributed by atoms with Gasteiger partial charge in [0.15, 0.2) is 5.76 Å². The Hall–Kier alpha value is -4.07. The van der Waals surface area contributed by atoms with E-state index in [9.17, 15) is 9.90 Å². The number of para-hydroxylation sites is 1. The van der Waals surface area contributed by atoms with E-state index < -0.39 is 5.97 Å². The summed E-state index contributed by atoms with van der Waals surface area (Å²) in [5.41, 5.74) is 4.51. The van der Waals surface area contributed by atoms with Gasteiger partial charge in [-0.2, -0.15) is 5.10 Å². The topological polar surface area (TPSA) is 102 Å². The standard InChI is InChI=1S/C23H22N4O4/c1-13-7-5-6-8-19(13)27-22(21(15(3)25-27)20-11-14(2)26-31-20)24-18-10-9-16(30-4)12-17(18)23(28)29/h5-12,24H,1-4H3,(H,28,29). The molecule has 2 N–H and O–H groups in total. The zero-order valence-electron chi connectivity index (χ0n) is 17.6. The van der Waals surface area contributed by atoms with Gasteiger partial charge in [-0.15, -0.1) is 0 Å². The molecule has 0 bridgehead atoms. The number of carboxylic acid groups (broad SMARTS) is 1. The number of aromatic carboxylic acids is 1. The number of rotatable bonds is 6. The molecule has 2 heterocycles. The van der Waals surface area contributed by atoms with Gasteiger partial charge in [0, 0.05) is 6.07 Å². The lowest BCUT2D eigenvalue weighted by Crippen LogP contribution is -2.08. The summed E-state index contributed by atoms with van der Waals surface area (Å²) in [6.45, 7) is 5.71. The zero-order valence-corrected chi connectivity index (χ0v) is 17.6. The minimum atomic E-state index is -1.07. The Balaban J connectivity index is 1.94. The van der Waals surface area contributed by atoms with Gasteiger partial charge in [0.05, 0.1) is 41.0 Å². The normalized spacial score (nSPS) is 10.8. The Morgan fingerprint density at radius 2 is 1.90 bits per heavy atom. The van der Waals surface area contributed by atoms with E-state index in [1.54, 1.807) is 16.8 Å². The van der Waals surface area contributed by atoms with Crippen molar-refractivity contribution in [2.45, 2.75) is 20.8 Å². The average Bonchev–Trinajstić information content (AvgIpc) is 3.31. The lowest BCUT2D eigenvalue weighted by molar-refractivity contribution is 0.0697. The van der Waals surface area contributed by atoms with Crippen LogP contribution in [0, 0.1) is 20.8 Å². The third kappa shape index (κ3) is 3.75. The van der Waals surface area contributed by atoms with Crippen LogP contribution in [0.15, 0.2) is 53.1 Å². The van der Waals surface area contributed by atoms with Crippen molar-refractivity contribution < 1.29 is 19.2 Å². The van der Waals surface area contributed by atoms with E-state index in [2.05, 4.69) is 10.5 Å². The van der Waals surface area contributed by atoms with Gasteiger partial charge in [-0.05, 0) is 50.6 Å². The third-order valence-corrected chi connectivity index (χ3v) is 4.99. The first-order chi connectivity index (χ1) is 14.9. The first-order valence-electron chi connectivity index (χ1n) is 9.66. The molecule has 4 rings (SSSR count). The molecule has 0 aliphatic rings. The predicted molar refractivity (Wildman–Crippen MR) is 117 cm³/mol. The Morgan fingerprint density at radius 1 is 1.13 bits per heavy atom. The lowest BCUT2D eigenvalue weighted by Gasteiger charge is -2.15. The van der Waals surface area contributed by atoms with Crippen molar-refractivity contribution in [1.29, 1.82) is 0 Å². The number of ether oxygens (including phenoxy) is 1. The molecule has 0 spiro atoms. The van der Waals surface area contributed by atoms with Gasteiger partial charge >= 0.3 is 5.97 Å². The van der Waals surface area contributed by atoms with E-state index in [-0.39, 0.29) is 5.56 Å². The zero-order chi connectivity index (χ0) is 22.1. The fourth-order valence-electron chi connectivity index (χ4n) is 3.46. The van der Waals surface area contributed by atoms with Gasteiger partial charge in [0.2, 0.25) is 0 Å². The fourth-order valence-corrected chi connectivity index (χ4v) is 3.46. The van der Waals surface area contributed by atoms with Gasteiger partial charge in [-0.25, -0.2) is 9.48 Å². The Kier molecular flexibility index (Phi) is 5.21. The number of benzene rings is 2. The summed E-state index contributed by atoms with van der Waals surface area (Å²) in [7, 11) is 1.50. The van der Waals surface area contributed by atoms with Crippen LogP contribution in [0.5, 0.6) is 5.75 Å². The monoisotopic (exact) mass is 418 g/mol. The Labute approximate surface area is 179 Å². The molecule has 31 heavy (non-hydrogen) atoms. The van der Waals surface area contributed by atoms with Crippen LogP contribution in [-0.4, -0.2) is 33.1 Å². The maximum atomic E-state index is 11.9. The smallest absolute Gasteiger partial charge is 0.337 e. The SMILES string of the molecule is COc1ccc(Nc2c(-c3cc(C)no3)c(C)nn2-c2ccccc2C)c(C(=O)O)c1. The Bertz CT molecular complexity index is 1270. The van der Waals surface area contributed by atoms with Gasteiger partial charge < -0.3 is 19.7 Å². The van der Waals surface area contributed by atoms with E-state index in [4.69, 9.17) is 14.4 Å². The number of nitrogens with zero attached hydrogens (tertiary/aromatic N) is 3. The summed E-state index contributed by atoms with van der Waals surface area (Å²) in [6.07, 6.45) is 0. The first kappa shape index (κ1) is 20.2. The van der Waals surface area contributed by atoms with Crippen LogP contribution < -0.4 is 10.1 Å². The van der Waals surface area contributed by atoms with Crippen molar-refractivity contribution in [2.75, 3.05) is 12.4 Å².